The first-order chi connectivity index (χ1) is 28.7. The Bertz CT molecular complexity index is 1740. The van der Waals surface area contributed by atoms with Gasteiger partial charge in [-0.1, -0.05) is 79.1 Å². The van der Waals surface area contributed by atoms with Gasteiger partial charge in [-0.15, -0.1) is 0 Å². The van der Waals surface area contributed by atoms with E-state index in [1.54, 1.807) is 59.4 Å². The number of thiophene rings is 4. The van der Waals surface area contributed by atoms with Gasteiger partial charge < -0.3 is 0 Å². The number of hydrogen-bond acceptors (Lipinski definition) is 4. The van der Waals surface area contributed by atoms with Gasteiger partial charge in [0.25, 0.3) is 0 Å². The fourth-order valence-electron chi connectivity index (χ4n) is 9.10. The van der Waals surface area contributed by atoms with E-state index in [-0.39, 0.29) is 0 Å². The van der Waals surface area contributed by atoms with Gasteiger partial charge in [0.2, 0.25) is 0 Å². The summed E-state index contributed by atoms with van der Waals surface area (Å²) in [6, 6.07) is 10.7. The summed E-state index contributed by atoms with van der Waals surface area (Å²) in [7, 11) is 0. The van der Waals surface area contributed by atoms with Crippen LogP contribution in [0.1, 0.15) is 208 Å². The number of aryl methyl sites for hydroxylation is 5. The molecule has 0 fully saturated rings. The number of hydrogen-bond donors (Lipinski definition) is 0. The zero-order chi connectivity index (χ0) is 42.0. The predicted octanol–water partition coefficient (Wildman–Crippen LogP) is 20.0. The van der Waals surface area contributed by atoms with Gasteiger partial charge in [0.15, 0.2) is 0 Å². The van der Waals surface area contributed by atoms with Gasteiger partial charge in [0, 0.05) is 0 Å². The van der Waals surface area contributed by atoms with Crippen molar-refractivity contribution in [2.24, 2.45) is 0 Å². The smallest absolute Gasteiger partial charge is 0.0654 e. The van der Waals surface area contributed by atoms with Gasteiger partial charge in [0.05, 0.1) is 0 Å². The summed E-state index contributed by atoms with van der Waals surface area (Å²) in [4.78, 5) is 15.9. The summed E-state index contributed by atoms with van der Waals surface area (Å²) in [5.74, 6) is 0. The Morgan fingerprint density at radius 1 is 0.390 bits per heavy atom. The van der Waals surface area contributed by atoms with Gasteiger partial charge in [-0.05, 0) is 0 Å². The molecule has 0 N–H and O–H groups in total. The summed E-state index contributed by atoms with van der Waals surface area (Å²) < 4.78 is 4.88. The fourth-order valence-corrected chi connectivity index (χ4v) is 19.4. The molecule has 328 valence electrons. The van der Waals surface area contributed by atoms with Crippen molar-refractivity contribution < 1.29 is 0 Å². The summed E-state index contributed by atoms with van der Waals surface area (Å²) in [5, 5.41) is 3.11. The molecule has 5 aromatic rings. The Labute approximate surface area is 383 Å². The number of unbranched alkanes of at least 4 members (excludes halogenated alkanes) is 20. The second-order valence-electron chi connectivity index (χ2n) is 19.1. The monoisotopic (exact) mass is 980 g/mol. The standard InChI is InChI=1S/C51H75S4.3CH3.Sn/c1-6-10-14-18-22-26-30-40-37-46(54-44(40)32-28-24-20-16-12-8-3)48-42-34-35-52-50(42)49(43-36-39(5)53-51(43)48)47-38-41(31-27-23-19-15-11-7-2)45(55-47)33-29-25-21-17-13-9-4;;;;/h34,36-38H,6-33H2,1-5H3;3*1H3;. The van der Waals surface area contributed by atoms with Crippen molar-refractivity contribution >= 4 is 86.8 Å². The van der Waals surface area contributed by atoms with Gasteiger partial charge in [0.1, 0.15) is 0 Å². The fraction of sp³-hybridized carbons (Fsp3) is 0.667. The Hall–Kier alpha value is -0.661. The zero-order valence-electron chi connectivity index (χ0n) is 39.2. The predicted molar refractivity (Wildman–Crippen MR) is 280 cm³/mol. The van der Waals surface area contributed by atoms with Gasteiger partial charge in [-0.25, -0.2) is 0 Å². The first-order valence-corrected chi connectivity index (χ1v) is 38.2. The van der Waals surface area contributed by atoms with Crippen molar-refractivity contribution in [1.29, 1.82) is 0 Å². The van der Waals surface area contributed by atoms with Gasteiger partial charge >= 0.3 is 308 Å². The molecule has 1 aromatic carbocycles. The third-order valence-corrected chi connectivity index (χ3v) is 26.9. The van der Waals surface area contributed by atoms with Crippen LogP contribution in [0.4, 0.5) is 0 Å². The molecule has 0 nitrogen and oxygen atoms in total. The van der Waals surface area contributed by atoms with E-state index in [9.17, 15) is 0 Å². The molecule has 0 saturated carbocycles. The maximum absolute atomic E-state index is 2.73. The van der Waals surface area contributed by atoms with Crippen LogP contribution in [0.2, 0.25) is 14.8 Å². The van der Waals surface area contributed by atoms with Crippen molar-refractivity contribution in [1.82, 2.24) is 0 Å². The summed E-state index contributed by atoms with van der Waals surface area (Å²) >= 11 is 6.25. The van der Waals surface area contributed by atoms with Gasteiger partial charge in [-0.3, -0.25) is 0 Å². The first-order valence-electron chi connectivity index (χ1n) is 24.9. The zero-order valence-corrected chi connectivity index (χ0v) is 45.4. The average Bonchev–Trinajstić information content (AvgIpc) is 4.01. The van der Waals surface area contributed by atoms with E-state index in [1.165, 1.54) is 190 Å². The Kier molecular flexibility index (Phi) is 21.9. The van der Waals surface area contributed by atoms with Crippen molar-refractivity contribution in [3.05, 3.63) is 50.0 Å². The van der Waals surface area contributed by atoms with Crippen molar-refractivity contribution in [3.8, 4) is 20.9 Å². The molecule has 0 atom stereocenters. The van der Waals surface area contributed by atoms with E-state index in [0.29, 0.717) is 0 Å². The van der Waals surface area contributed by atoms with E-state index in [0.717, 1.165) is 0 Å². The molecule has 0 unspecified atom stereocenters. The first kappa shape index (κ1) is 49.4. The molecule has 0 amide bonds. The molecule has 5 heteroatoms. The van der Waals surface area contributed by atoms with Crippen LogP contribution in [0.3, 0.4) is 0 Å². The number of fused-ring (bicyclic) bond motifs is 2. The van der Waals surface area contributed by atoms with E-state index < -0.39 is 18.4 Å². The molecule has 0 bridgehead atoms. The third-order valence-electron chi connectivity index (χ3n) is 12.7. The van der Waals surface area contributed by atoms with Crippen molar-refractivity contribution in [3.63, 3.8) is 0 Å². The molecule has 5 rings (SSSR count). The molecule has 4 heterocycles. The van der Waals surface area contributed by atoms with Gasteiger partial charge in [-0.2, -0.15) is 0 Å². The Morgan fingerprint density at radius 2 is 0.746 bits per heavy atom. The Morgan fingerprint density at radius 3 is 1.15 bits per heavy atom. The van der Waals surface area contributed by atoms with Crippen LogP contribution in [-0.4, -0.2) is 18.4 Å². The molecular weight excluding hydrogens is 896 g/mol. The van der Waals surface area contributed by atoms with Crippen LogP contribution in [-0.2, 0) is 25.7 Å². The quantitative estimate of drug-likeness (QED) is 0.0307. The minimum Gasteiger partial charge on any atom is -0.0654 e. The molecule has 0 aliphatic heterocycles. The summed E-state index contributed by atoms with van der Waals surface area (Å²) in [5.41, 5.74) is 6.51. The third kappa shape index (κ3) is 14.7. The number of benzene rings is 1. The molecule has 0 radical (unpaired) electrons. The van der Waals surface area contributed by atoms with Crippen molar-refractivity contribution in [2.75, 3.05) is 0 Å². The number of rotatable bonds is 31. The molecule has 0 aliphatic carbocycles. The minimum atomic E-state index is -2.39. The van der Waals surface area contributed by atoms with Crippen LogP contribution in [0.5, 0.6) is 0 Å². The van der Waals surface area contributed by atoms with E-state index >= 15 is 0 Å². The molecule has 4 aromatic heterocycles. The van der Waals surface area contributed by atoms with E-state index in [4.69, 9.17) is 0 Å². The second-order valence-corrected chi connectivity index (χ2v) is 39.1. The van der Waals surface area contributed by atoms with Crippen LogP contribution >= 0.6 is 45.3 Å². The average molecular weight is 980 g/mol. The molecule has 0 aliphatic rings. The van der Waals surface area contributed by atoms with E-state index in [2.05, 4.69) is 119 Å². The van der Waals surface area contributed by atoms with Crippen molar-refractivity contribution in [2.45, 2.75) is 229 Å². The molecule has 0 spiro atoms. The van der Waals surface area contributed by atoms with E-state index in [1.807, 2.05) is 0 Å². The van der Waals surface area contributed by atoms with Crippen LogP contribution in [0.25, 0.3) is 41.1 Å². The maximum atomic E-state index is 2.73. The topological polar surface area (TPSA) is 0 Å². The SMILES string of the molecule is CCCCCCCCc1cc(-c2c3c[c]([Sn]([CH3])([CH3])[CH3])sc3c(-c3cc(CCCCCCCC)c(CCCCCCCC)s3)c3cc(C)sc23)sc1CCCCCCCC. The molecule has 0 saturated heterocycles. The minimum absolute atomic E-state index is 1.26. The summed E-state index contributed by atoms with van der Waals surface area (Å²) in [6.07, 6.45) is 38.0. The Balaban J connectivity index is 1.57. The summed E-state index contributed by atoms with van der Waals surface area (Å²) in [6.45, 7) is 11.7. The van der Waals surface area contributed by atoms with Crippen LogP contribution in [0.15, 0.2) is 24.3 Å². The second kappa shape index (κ2) is 26.2. The van der Waals surface area contributed by atoms with Crippen LogP contribution < -0.4 is 2.89 Å². The molecular formula is C54H84S4Sn. The molecule has 59 heavy (non-hydrogen) atoms. The van der Waals surface area contributed by atoms with Crippen LogP contribution in [0, 0.1) is 6.92 Å². The normalized spacial score (nSPS) is 12.3.